The maximum absolute atomic E-state index is 14.3. The van der Waals surface area contributed by atoms with Crippen molar-refractivity contribution in [2.75, 3.05) is 20.3 Å². The fourth-order valence-corrected chi connectivity index (χ4v) is 8.19. The van der Waals surface area contributed by atoms with Crippen molar-refractivity contribution in [2.24, 2.45) is 29.4 Å². The number of halogens is 1. The monoisotopic (exact) mass is 668 g/mol. The van der Waals surface area contributed by atoms with Crippen LogP contribution in [0.2, 0.25) is 0 Å². The lowest BCUT2D eigenvalue weighted by atomic mass is 9.74. The molecule has 0 radical (unpaired) electrons. The lowest BCUT2D eigenvalue weighted by Crippen LogP contribution is -2.48. The lowest BCUT2D eigenvalue weighted by Gasteiger charge is -2.37. The van der Waals surface area contributed by atoms with Crippen LogP contribution < -0.4 is 11.6 Å². The topological polar surface area (TPSA) is 155 Å². The van der Waals surface area contributed by atoms with Crippen LogP contribution in [0.1, 0.15) is 85.4 Å². The molecule has 6 rings (SSSR count). The smallest absolute Gasteiger partial charge is 0.451 e. The number of methoxy groups -OCH3 is 1. The summed E-state index contributed by atoms with van der Waals surface area (Å²) < 4.78 is 39.4. The lowest BCUT2D eigenvalue weighted by molar-refractivity contribution is -0.143. The largest absolute Gasteiger partial charge is 0.519 e. The molecule has 0 spiro atoms. The van der Waals surface area contributed by atoms with Gasteiger partial charge >= 0.3 is 11.8 Å². The summed E-state index contributed by atoms with van der Waals surface area (Å²) in [4.78, 5) is 54.1. The summed E-state index contributed by atoms with van der Waals surface area (Å²) in [6.45, 7) is 1.25. The first kappa shape index (κ1) is 34.1. The third-order valence-corrected chi connectivity index (χ3v) is 11.0. The Morgan fingerprint density at radius 3 is 2.42 bits per heavy atom. The number of nitrogens with two attached hydrogens (primary N) is 1. The van der Waals surface area contributed by atoms with Crippen LogP contribution in [0, 0.1) is 30.6 Å². The Morgan fingerprint density at radius 2 is 1.75 bits per heavy atom. The number of benzene rings is 1. The van der Waals surface area contributed by atoms with Gasteiger partial charge in [0.2, 0.25) is 11.7 Å². The number of likely N-dealkylation sites (tertiary alicyclic amines) is 1. The van der Waals surface area contributed by atoms with Crippen LogP contribution in [0.25, 0.3) is 11.0 Å². The summed E-state index contributed by atoms with van der Waals surface area (Å²) in [5.41, 5.74) is 7.18. The minimum Gasteiger partial charge on any atom is -0.451 e. The van der Waals surface area contributed by atoms with Crippen LogP contribution in [-0.4, -0.2) is 61.1 Å². The number of furan rings is 1. The van der Waals surface area contributed by atoms with Gasteiger partial charge in [0.25, 0.3) is 0 Å². The van der Waals surface area contributed by atoms with Gasteiger partial charge in [0.1, 0.15) is 12.3 Å². The number of nitrogens with zero attached hydrogens (tertiary/aromatic N) is 1. The number of ether oxygens (including phenoxy) is 2. The molecule has 2 saturated carbocycles. The van der Waals surface area contributed by atoms with Gasteiger partial charge in [-0.3, -0.25) is 9.59 Å². The van der Waals surface area contributed by atoms with E-state index >= 15 is 0 Å². The van der Waals surface area contributed by atoms with Crippen LogP contribution in [0.15, 0.2) is 42.3 Å². The van der Waals surface area contributed by atoms with Crippen LogP contribution >= 0.6 is 0 Å². The number of carbonyl (C=O) groups is 3. The van der Waals surface area contributed by atoms with Gasteiger partial charge in [0.05, 0.1) is 12.1 Å². The molecule has 2 N–H and O–H groups in total. The number of carbonyl (C=O) groups excluding carboxylic acids is 3. The Bertz CT molecular complexity index is 1660. The first-order valence-electron chi connectivity index (χ1n) is 17.1. The van der Waals surface area contributed by atoms with Crippen molar-refractivity contribution in [3.8, 4) is 0 Å². The fraction of sp³-hybridized carbons (Fsp3) is 0.611. The second-order valence-corrected chi connectivity index (χ2v) is 13.8. The molecule has 3 heterocycles. The molecule has 1 saturated heterocycles. The molecule has 3 atom stereocenters. The van der Waals surface area contributed by atoms with E-state index in [-0.39, 0.29) is 65.9 Å². The number of esters is 1. The number of aryl methyl sites for hydroxylation is 1. The van der Waals surface area contributed by atoms with E-state index in [9.17, 15) is 23.6 Å². The van der Waals surface area contributed by atoms with Gasteiger partial charge in [0, 0.05) is 37.4 Å². The maximum Gasteiger partial charge on any atom is 0.519 e. The van der Waals surface area contributed by atoms with Crippen LogP contribution in [0.3, 0.4) is 0 Å². The van der Waals surface area contributed by atoms with E-state index < -0.39 is 30.5 Å². The highest BCUT2D eigenvalue weighted by atomic mass is 19.1. The third kappa shape index (κ3) is 7.29. The van der Waals surface area contributed by atoms with Crippen molar-refractivity contribution in [3.05, 3.63) is 57.7 Å². The van der Waals surface area contributed by atoms with Gasteiger partial charge in [-0.15, -0.1) is 0 Å². The van der Waals surface area contributed by atoms with Crippen molar-refractivity contribution in [1.29, 1.82) is 0 Å². The summed E-state index contributed by atoms with van der Waals surface area (Å²) in [6, 6.07) is 5.90. The molecule has 1 aromatic carbocycles. The fourth-order valence-electron chi connectivity index (χ4n) is 8.19. The number of amides is 1. The quantitative estimate of drug-likeness (QED) is 0.267. The van der Waals surface area contributed by atoms with Crippen molar-refractivity contribution >= 4 is 28.6 Å². The summed E-state index contributed by atoms with van der Waals surface area (Å²) in [6.07, 6.45) is 7.76. The number of fused-ring (bicyclic) bond motifs is 1. The number of hydrogen-bond donors (Lipinski definition) is 1. The highest BCUT2D eigenvalue weighted by Gasteiger charge is 2.47. The summed E-state index contributed by atoms with van der Waals surface area (Å²) >= 11 is 0. The van der Waals surface area contributed by atoms with E-state index in [4.69, 9.17) is 28.5 Å². The molecule has 12 heteroatoms. The second-order valence-electron chi connectivity index (χ2n) is 13.8. The molecule has 48 heavy (non-hydrogen) atoms. The molecule has 1 amide bonds. The van der Waals surface area contributed by atoms with Crippen molar-refractivity contribution < 1.29 is 41.5 Å². The molecule has 2 aromatic heterocycles. The number of hydrogen-bond acceptors (Lipinski definition) is 10. The molecule has 3 aliphatic rings. The van der Waals surface area contributed by atoms with Gasteiger partial charge in [-0.05, 0) is 106 Å². The highest BCUT2D eigenvalue weighted by Crippen LogP contribution is 2.42. The van der Waals surface area contributed by atoms with Gasteiger partial charge in [-0.2, -0.15) is 0 Å². The molecule has 260 valence electrons. The number of Topliss-reactive ketones (excluding diaryl/α,β-unsaturated/α-hetero) is 1. The average molecular weight is 669 g/mol. The van der Waals surface area contributed by atoms with Gasteiger partial charge in [-0.25, -0.2) is 14.0 Å². The third-order valence-electron chi connectivity index (χ3n) is 11.0. The minimum absolute atomic E-state index is 0.00676. The Labute approximate surface area is 278 Å². The number of alkyl halides is 1. The summed E-state index contributed by atoms with van der Waals surface area (Å²) in [7, 11) is 1.74. The average Bonchev–Trinajstić information content (AvgIpc) is 3.82. The molecular formula is C36H45FN2O9. The summed E-state index contributed by atoms with van der Waals surface area (Å²) in [5, 5.41) is 0.635. The molecule has 0 bridgehead atoms. The van der Waals surface area contributed by atoms with Crippen molar-refractivity contribution in [2.45, 2.75) is 95.9 Å². The standard InChI is InChI=1S/C36H45FN2O9/c1-20-32(48-36(43)46-20)19-45-35(42)31-17-25-15-21(3-12-30(25)47-31)16-29(40)33-27(22-8-10-26(44-2)11-9-22)13-14-39(33)34(41)24-6-4-23(5-7-24)28(38)18-37/h3,12,15,17,22-24,26-28,33H,4-11,13-14,16,18-19,38H2,1-2H3/t22?,23?,24?,26?,27-,28+,33-/m0/s1. The molecular weight excluding hydrogens is 623 g/mol. The van der Waals surface area contributed by atoms with E-state index in [1.807, 2.05) is 11.0 Å². The molecule has 11 nitrogen and oxygen atoms in total. The van der Waals surface area contributed by atoms with E-state index in [2.05, 4.69) is 0 Å². The molecule has 3 fully saturated rings. The van der Waals surface area contributed by atoms with Crippen molar-refractivity contribution in [1.82, 2.24) is 4.90 Å². The Kier molecular flexibility index (Phi) is 10.5. The van der Waals surface area contributed by atoms with E-state index in [1.54, 1.807) is 25.3 Å². The van der Waals surface area contributed by atoms with Crippen molar-refractivity contribution in [3.63, 3.8) is 0 Å². The maximum atomic E-state index is 14.3. The van der Waals surface area contributed by atoms with Gasteiger partial charge in [-0.1, -0.05) is 6.07 Å². The van der Waals surface area contributed by atoms with E-state index in [0.717, 1.165) is 50.5 Å². The van der Waals surface area contributed by atoms with Gasteiger partial charge in [0.15, 0.2) is 23.9 Å². The zero-order valence-electron chi connectivity index (χ0n) is 27.6. The normalized spacial score (nSPS) is 26.9. The Morgan fingerprint density at radius 1 is 1.00 bits per heavy atom. The second kappa shape index (κ2) is 14.8. The van der Waals surface area contributed by atoms with Crippen LogP contribution in [0.4, 0.5) is 4.39 Å². The first-order chi connectivity index (χ1) is 23.1. The molecule has 0 unspecified atom stereocenters. The zero-order valence-corrected chi connectivity index (χ0v) is 27.6. The van der Waals surface area contributed by atoms with Crippen LogP contribution in [0.5, 0.6) is 0 Å². The zero-order chi connectivity index (χ0) is 33.9. The SMILES string of the molecule is COC1CCC([C@@H]2CCN(C(=O)C3CCC([C@H](N)CF)CC3)[C@@H]2C(=O)Cc2ccc3oc(C(=O)OCc4oc(=O)oc4C)cc3c2)CC1. The number of rotatable bonds is 11. The first-order valence-corrected chi connectivity index (χ1v) is 17.1. The van der Waals surface area contributed by atoms with E-state index in [0.29, 0.717) is 36.3 Å². The molecule has 2 aliphatic carbocycles. The molecule has 1 aliphatic heterocycles. The highest BCUT2D eigenvalue weighted by molar-refractivity contribution is 5.94. The predicted molar refractivity (Wildman–Crippen MR) is 172 cm³/mol. The number of ketones is 1. The van der Waals surface area contributed by atoms with Gasteiger partial charge < -0.3 is 33.4 Å². The van der Waals surface area contributed by atoms with Crippen LogP contribution in [-0.2, 0) is 32.1 Å². The minimum atomic E-state index is -0.873. The predicted octanol–water partition coefficient (Wildman–Crippen LogP) is 5.28. The Balaban J connectivity index is 1.16. The summed E-state index contributed by atoms with van der Waals surface area (Å²) in [5.74, 6) is -0.933. The molecule has 3 aromatic rings. The Hall–Kier alpha value is -3.77. The van der Waals surface area contributed by atoms with E-state index in [1.165, 1.54) is 6.92 Å².